The molecule has 1 aromatic rings. The van der Waals surface area contributed by atoms with E-state index < -0.39 is 0 Å². The first-order chi connectivity index (χ1) is 6.38. The molecule has 0 amide bonds. The number of pyridine rings is 1. The molecular weight excluding hydrogens is 235 g/mol. The predicted octanol–water partition coefficient (Wildman–Crippen LogP) is 1.72. The van der Waals surface area contributed by atoms with Gasteiger partial charge in [-0.15, -0.1) is 24.8 Å². The summed E-state index contributed by atoms with van der Waals surface area (Å²) in [5.41, 5.74) is 0.733. The minimum atomic E-state index is 0. The van der Waals surface area contributed by atoms with Crippen LogP contribution >= 0.6 is 24.8 Å². The Morgan fingerprint density at radius 2 is 2.27 bits per heavy atom. The van der Waals surface area contributed by atoms with Gasteiger partial charge >= 0.3 is 0 Å². The predicted molar refractivity (Wildman–Crippen MR) is 64.0 cm³/mol. The Labute approximate surface area is 101 Å². The van der Waals surface area contributed by atoms with E-state index in [4.69, 9.17) is 0 Å². The second-order valence-electron chi connectivity index (χ2n) is 3.30. The third-order valence-corrected chi connectivity index (χ3v) is 2.38. The number of nitrogens with one attached hydrogen (secondary N) is 1. The molecule has 15 heavy (non-hydrogen) atoms. The maximum Gasteiger partial charge on any atom is 0.168 e. The Hall–Kier alpha value is -0.640. The second-order valence-corrected chi connectivity index (χ2v) is 3.30. The molecule has 1 aromatic heterocycles. The van der Waals surface area contributed by atoms with Gasteiger partial charge in [-0.2, -0.15) is 0 Å². The number of halogens is 2. The van der Waals surface area contributed by atoms with Crippen LogP contribution in [-0.4, -0.2) is 23.9 Å². The highest BCUT2D eigenvalue weighted by Gasteiger charge is 2.23. The topological polar surface area (TPSA) is 42.0 Å². The molecule has 0 spiro atoms. The Morgan fingerprint density at radius 1 is 1.47 bits per heavy atom. The van der Waals surface area contributed by atoms with E-state index in [9.17, 15) is 4.79 Å². The third-order valence-electron chi connectivity index (χ3n) is 2.38. The number of nitrogens with zero attached hydrogens (tertiary/aromatic N) is 1. The Morgan fingerprint density at radius 3 is 2.80 bits per heavy atom. The SMILES string of the molecule is Cl.Cl.O=C(c1cccnc1)C1CCNC1. The molecule has 84 valence electrons. The van der Waals surface area contributed by atoms with Gasteiger partial charge in [-0.05, 0) is 25.1 Å². The van der Waals surface area contributed by atoms with Crippen LogP contribution in [0.2, 0.25) is 0 Å². The van der Waals surface area contributed by atoms with Crippen molar-refractivity contribution in [1.82, 2.24) is 10.3 Å². The van der Waals surface area contributed by atoms with Gasteiger partial charge in [-0.1, -0.05) is 0 Å². The molecule has 1 aliphatic heterocycles. The quantitative estimate of drug-likeness (QED) is 0.811. The lowest BCUT2D eigenvalue weighted by molar-refractivity contribution is 0.0930. The van der Waals surface area contributed by atoms with Gasteiger partial charge < -0.3 is 5.32 Å². The molecule has 1 unspecified atom stereocenters. The first-order valence-corrected chi connectivity index (χ1v) is 4.53. The highest BCUT2D eigenvalue weighted by atomic mass is 35.5. The first kappa shape index (κ1) is 14.4. The maximum absolute atomic E-state index is 11.8. The third kappa shape index (κ3) is 3.45. The molecule has 1 fully saturated rings. The number of carbonyl (C=O) groups is 1. The van der Waals surface area contributed by atoms with E-state index in [-0.39, 0.29) is 36.5 Å². The summed E-state index contributed by atoms with van der Waals surface area (Å²) < 4.78 is 0. The lowest BCUT2D eigenvalue weighted by Gasteiger charge is -2.05. The van der Waals surface area contributed by atoms with Crippen molar-refractivity contribution in [3.8, 4) is 0 Å². The van der Waals surface area contributed by atoms with Crippen molar-refractivity contribution in [2.45, 2.75) is 6.42 Å². The molecule has 1 aliphatic rings. The molecule has 1 atom stereocenters. The van der Waals surface area contributed by atoms with E-state index >= 15 is 0 Å². The fraction of sp³-hybridized carbons (Fsp3) is 0.400. The minimum absolute atomic E-state index is 0. The minimum Gasteiger partial charge on any atom is -0.316 e. The van der Waals surface area contributed by atoms with Crippen LogP contribution in [0.3, 0.4) is 0 Å². The van der Waals surface area contributed by atoms with Crippen molar-refractivity contribution in [2.75, 3.05) is 13.1 Å². The van der Waals surface area contributed by atoms with Crippen LogP contribution < -0.4 is 5.32 Å². The molecular formula is C10H14Cl2N2O. The number of ketones is 1. The lowest BCUT2D eigenvalue weighted by atomic mass is 9.98. The first-order valence-electron chi connectivity index (χ1n) is 4.53. The highest BCUT2D eigenvalue weighted by Crippen LogP contribution is 2.14. The van der Waals surface area contributed by atoms with Crippen LogP contribution in [0.15, 0.2) is 24.5 Å². The van der Waals surface area contributed by atoms with Gasteiger partial charge in [0, 0.05) is 30.4 Å². The van der Waals surface area contributed by atoms with Gasteiger partial charge in [0.25, 0.3) is 0 Å². The number of rotatable bonds is 2. The molecule has 3 nitrogen and oxygen atoms in total. The molecule has 0 aromatic carbocycles. The van der Waals surface area contributed by atoms with Crippen LogP contribution in [0.25, 0.3) is 0 Å². The van der Waals surface area contributed by atoms with Crippen molar-refractivity contribution in [2.24, 2.45) is 5.92 Å². The molecule has 1 N–H and O–H groups in total. The average Bonchev–Trinajstić information content (AvgIpc) is 2.71. The zero-order valence-corrected chi connectivity index (χ0v) is 9.81. The smallest absolute Gasteiger partial charge is 0.168 e. The molecule has 0 saturated carbocycles. The van der Waals surface area contributed by atoms with Crippen molar-refractivity contribution in [3.63, 3.8) is 0 Å². The fourth-order valence-corrected chi connectivity index (χ4v) is 1.62. The van der Waals surface area contributed by atoms with Crippen molar-refractivity contribution in [1.29, 1.82) is 0 Å². The summed E-state index contributed by atoms with van der Waals surface area (Å²) in [6, 6.07) is 3.63. The van der Waals surface area contributed by atoms with Gasteiger partial charge in [0.2, 0.25) is 0 Å². The van der Waals surface area contributed by atoms with Crippen LogP contribution in [0.1, 0.15) is 16.8 Å². The lowest BCUT2D eigenvalue weighted by Crippen LogP contribution is -2.17. The van der Waals surface area contributed by atoms with E-state index in [1.54, 1.807) is 18.5 Å². The molecule has 2 rings (SSSR count). The maximum atomic E-state index is 11.8. The number of carbonyl (C=O) groups excluding carboxylic acids is 1. The zero-order valence-electron chi connectivity index (χ0n) is 8.18. The van der Waals surface area contributed by atoms with Gasteiger partial charge in [0.05, 0.1) is 0 Å². The van der Waals surface area contributed by atoms with E-state index in [1.165, 1.54) is 0 Å². The van der Waals surface area contributed by atoms with Gasteiger partial charge in [0.15, 0.2) is 5.78 Å². The normalized spacial score (nSPS) is 18.8. The summed E-state index contributed by atoms with van der Waals surface area (Å²) in [7, 11) is 0. The summed E-state index contributed by atoms with van der Waals surface area (Å²) in [5, 5.41) is 3.18. The summed E-state index contributed by atoms with van der Waals surface area (Å²) in [6.45, 7) is 1.77. The van der Waals surface area contributed by atoms with Gasteiger partial charge in [0.1, 0.15) is 0 Å². The Bertz CT molecular complexity index is 300. The summed E-state index contributed by atoms with van der Waals surface area (Å²) in [6.07, 6.45) is 4.28. The number of Topliss-reactive ketones (excluding diaryl/α,β-unsaturated/α-hetero) is 1. The molecule has 0 aliphatic carbocycles. The second kappa shape index (κ2) is 6.77. The summed E-state index contributed by atoms with van der Waals surface area (Å²) in [4.78, 5) is 15.7. The van der Waals surface area contributed by atoms with Crippen LogP contribution in [0.5, 0.6) is 0 Å². The van der Waals surface area contributed by atoms with Crippen molar-refractivity contribution >= 4 is 30.6 Å². The zero-order chi connectivity index (χ0) is 9.10. The van der Waals surface area contributed by atoms with Crippen LogP contribution in [-0.2, 0) is 0 Å². The number of hydrogen-bond donors (Lipinski definition) is 1. The number of aromatic nitrogens is 1. The molecule has 5 heteroatoms. The van der Waals surface area contributed by atoms with E-state index in [2.05, 4.69) is 10.3 Å². The van der Waals surface area contributed by atoms with Gasteiger partial charge in [-0.25, -0.2) is 0 Å². The van der Waals surface area contributed by atoms with E-state index in [0.29, 0.717) is 0 Å². The largest absolute Gasteiger partial charge is 0.316 e. The van der Waals surface area contributed by atoms with Crippen LogP contribution in [0, 0.1) is 5.92 Å². The molecule has 0 radical (unpaired) electrons. The van der Waals surface area contributed by atoms with Crippen LogP contribution in [0.4, 0.5) is 0 Å². The van der Waals surface area contributed by atoms with Crippen molar-refractivity contribution < 1.29 is 4.79 Å². The summed E-state index contributed by atoms with van der Waals surface area (Å²) in [5.74, 6) is 0.377. The molecule has 0 bridgehead atoms. The van der Waals surface area contributed by atoms with Crippen molar-refractivity contribution in [3.05, 3.63) is 30.1 Å². The Balaban J connectivity index is 0.000000980. The average molecular weight is 249 g/mol. The highest BCUT2D eigenvalue weighted by molar-refractivity contribution is 5.97. The monoisotopic (exact) mass is 248 g/mol. The number of hydrogen-bond acceptors (Lipinski definition) is 3. The Kier molecular flexibility index (Phi) is 6.48. The van der Waals surface area contributed by atoms with E-state index in [1.807, 2.05) is 6.07 Å². The molecule has 2 heterocycles. The van der Waals surface area contributed by atoms with E-state index in [0.717, 1.165) is 25.1 Å². The fourth-order valence-electron chi connectivity index (χ4n) is 1.62. The standard InChI is InChI=1S/C10H12N2O.2ClH/c13-10(9-3-5-12-7-9)8-2-1-4-11-6-8;;/h1-2,4,6,9,12H,3,5,7H2;2*1H. The molecule has 1 saturated heterocycles. The summed E-state index contributed by atoms with van der Waals surface area (Å²) >= 11 is 0. The van der Waals surface area contributed by atoms with Gasteiger partial charge in [-0.3, -0.25) is 9.78 Å².